The molecule has 0 saturated carbocycles. The molecule has 0 aromatic heterocycles. The average Bonchev–Trinajstić information content (AvgIpc) is 2.45. The monoisotopic (exact) mass is 317 g/mol. The van der Waals surface area contributed by atoms with Gasteiger partial charge in [0.1, 0.15) is 11.6 Å². The average molecular weight is 317 g/mol. The normalized spacial score (nSPS) is 14.4. The first kappa shape index (κ1) is 18.4. The third-order valence-electron chi connectivity index (χ3n) is 3.52. The van der Waals surface area contributed by atoms with Crippen LogP contribution in [0.5, 0.6) is 0 Å². The lowest BCUT2D eigenvalue weighted by Gasteiger charge is -2.34. The van der Waals surface area contributed by atoms with E-state index >= 15 is 0 Å². The molecule has 0 fully saturated rings. The van der Waals surface area contributed by atoms with Gasteiger partial charge in [-0.3, -0.25) is 0 Å². The minimum atomic E-state index is -0.418. The molecule has 1 aromatic rings. The molecule has 21 heavy (non-hydrogen) atoms. The maximum atomic E-state index is 13.5. The fraction of sp³-hybridized carbons (Fsp3) is 0.625. The maximum Gasteiger partial charge on any atom is 0.136 e. The van der Waals surface area contributed by atoms with Crippen LogP contribution in [0.4, 0.5) is 8.78 Å². The Labute approximate surface area is 130 Å². The first-order chi connectivity index (χ1) is 9.92. The zero-order chi connectivity index (χ0) is 15.9. The van der Waals surface area contributed by atoms with E-state index in [1.54, 1.807) is 0 Å². The van der Waals surface area contributed by atoms with E-state index in [1.807, 2.05) is 6.92 Å². The van der Waals surface area contributed by atoms with Crippen molar-refractivity contribution in [3.8, 4) is 0 Å². The lowest BCUT2D eigenvalue weighted by Crippen LogP contribution is -2.51. The van der Waals surface area contributed by atoms with Crippen molar-refractivity contribution in [2.24, 2.45) is 0 Å². The molecule has 1 unspecified atom stereocenters. The van der Waals surface area contributed by atoms with Crippen molar-refractivity contribution in [3.63, 3.8) is 0 Å². The molecule has 1 atom stereocenters. The topological polar surface area (TPSA) is 32.3 Å². The molecule has 120 valence electrons. The summed E-state index contributed by atoms with van der Waals surface area (Å²) in [6, 6.07) is 3.80. The van der Waals surface area contributed by atoms with E-state index in [9.17, 15) is 13.9 Å². The van der Waals surface area contributed by atoms with Gasteiger partial charge >= 0.3 is 0 Å². The number of halogens is 2. The van der Waals surface area contributed by atoms with Gasteiger partial charge in [-0.05, 0) is 43.2 Å². The van der Waals surface area contributed by atoms with Gasteiger partial charge in [-0.1, -0.05) is 20.8 Å². The zero-order valence-corrected chi connectivity index (χ0v) is 13.8. The minimum absolute atomic E-state index is 0.0840. The Morgan fingerprint density at radius 1 is 1.33 bits per heavy atom. The van der Waals surface area contributed by atoms with Gasteiger partial charge in [0.25, 0.3) is 0 Å². The summed E-state index contributed by atoms with van der Waals surface area (Å²) in [5.74, 6) is -0.105. The largest absolute Gasteiger partial charge is 0.394 e. The Morgan fingerprint density at radius 2 is 2.05 bits per heavy atom. The molecule has 2 N–H and O–H groups in total. The van der Waals surface area contributed by atoms with Gasteiger partial charge in [0.2, 0.25) is 0 Å². The van der Waals surface area contributed by atoms with E-state index in [4.69, 9.17) is 0 Å². The molecule has 1 aromatic carbocycles. The highest BCUT2D eigenvalue weighted by molar-refractivity contribution is 7.99. The van der Waals surface area contributed by atoms with Crippen molar-refractivity contribution < 1.29 is 13.9 Å². The third-order valence-corrected chi connectivity index (χ3v) is 4.64. The van der Waals surface area contributed by atoms with Crippen molar-refractivity contribution in [2.75, 3.05) is 12.4 Å². The number of nitrogens with one attached hydrogen (secondary N) is 1. The first-order valence-electron chi connectivity index (χ1n) is 7.39. The van der Waals surface area contributed by atoms with Crippen LogP contribution >= 0.6 is 11.8 Å². The molecular weight excluding hydrogens is 292 g/mol. The van der Waals surface area contributed by atoms with E-state index in [2.05, 4.69) is 19.2 Å². The van der Waals surface area contributed by atoms with E-state index < -0.39 is 5.82 Å². The van der Waals surface area contributed by atoms with E-state index in [1.165, 1.54) is 17.8 Å². The molecule has 0 aliphatic rings. The molecule has 0 heterocycles. The Bertz CT molecular complexity index is 436. The molecule has 1 rings (SSSR count). The summed E-state index contributed by atoms with van der Waals surface area (Å²) in [6.45, 7) is 6.24. The van der Waals surface area contributed by atoms with Gasteiger partial charge in [0.05, 0.1) is 6.61 Å². The SMILES string of the molecule is CCC(CO)(CCCSc1cc(F)ccc1F)NC(C)C. The molecule has 0 amide bonds. The zero-order valence-electron chi connectivity index (χ0n) is 13.0. The highest BCUT2D eigenvalue weighted by Crippen LogP contribution is 2.26. The molecule has 0 saturated heterocycles. The number of hydrogen-bond donors (Lipinski definition) is 2. The van der Waals surface area contributed by atoms with Crippen LogP contribution in [0.1, 0.15) is 40.0 Å². The lowest BCUT2D eigenvalue weighted by atomic mass is 9.91. The molecule has 0 aliphatic carbocycles. The van der Waals surface area contributed by atoms with E-state index in [0.717, 1.165) is 31.4 Å². The van der Waals surface area contributed by atoms with Crippen LogP contribution in [0.15, 0.2) is 23.1 Å². The number of hydrogen-bond acceptors (Lipinski definition) is 3. The predicted molar refractivity (Wildman–Crippen MR) is 84.7 cm³/mol. The molecule has 0 bridgehead atoms. The standard InChI is InChI=1S/C16H25F2NOS/c1-4-16(11-20,19-12(2)3)8-5-9-21-15-10-13(17)6-7-14(15)18/h6-7,10,12,19-20H,4-5,8-9,11H2,1-3H3. The number of aliphatic hydroxyl groups is 1. The molecule has 0 aliphatic heterocycles. The molecule has 5 heteroatoms. The third kappa shape index (κ3) is 5.93. The van der Waals surface area contributed by atoms with Crippen molar-refractivity contribution in [3.05, 3.63) is 29.8 Å². The van der Waals surface area contributed by atoms with Crippen LogP contribution in [0, 0.1) is 11.6 Å². The summed E-state index contributed by atoms with van der Waals surface area (Å²) in [5.41, 5.74) is -0.283. The van der Waals surface area contributed by atoms with Crippen LogP contribution in [0.3, 0.4) is 0 Å². The van der Waals surface area contributed by atoms with Gasteiger partial charge in [0.15, 0.2) is 0 Å². The van der Waals surface area contributed by atoms with Crippen molar-refractivity contribution in [1.29, 1.82) is 0 Å². The van der Waals surface area contributed by atoms with E-state index in [0.29, 0.717) is 16.7 Å². The highest BCUT2D eigenvalue weighted by atomic mass is 32.2. The van der Waals surface area contributed by atoms with Crippen molar-refractivity contribution in [2.45, 2.75) is 56.5 Å². The Morgan fingerprint density at radius 3 is 2.62 bits per heavy atom. The van der Waals surface area contributed by atoms with Crippen LogP contribution in [-0.4, -0.2) is 29.0 Å². The predicted octanol–water partition coefficient (Wildman–Crippen LogP) is 3.98. The van der Waals surface area contributed by atoms with Gasteiger partial charge in [0, 0.05) is 16.5 Å². The first-order valence-corrected chi connectivity index (χ1v) is 8.37. The number of benzene rings is 1. The summed E-state index contributed by atoms with van der Waals surface area (Å²) in [7, 11) is 0. The summed E-state index contributed by atoms with van der Waals surface area (Å²) in [6.07, 6.45) is 2.47. The van der Waals surface area contributed by atoms with Gasteiger partial charge in [-0.2, -0.15) is 0 Å². The fourth-order valence-corrected chi connectivity index (χ4v) is 3.29. The molecule has 0 radical (unpaired) electrons. The summed E-state index contributed by atoms with van der Waals surface area (Å²) < 4.78 is 26.6. The smallest absolute Gasteiger partial charge is 0.136 e. The summed E-state index contributed by atoms with van der Waals surface area (Å²) >= 11 is 1.32. The lowest BCUT2D eigenvalue weighted by molar-refractivity contribution is 0.137. The number of aliphatic hydroxyl groups excluding tert-OH is 1. The van der Waals surface area contributed by atoms with Crippen molar-refractivity contribution >= 4 is 11.8 Å². The number of rotatable bonds is 9. The van der Waals surface area contributed by atoms with Crippen LogP contribution < -0.4 is 5.32 Å². The summed E-state index contributed by atoms with van der Waals surface area (Å²) in [5, 5.41) is 13.1. The highest BCUT2D eigenvalue weighted by Gasteiger charge is 2.27. The van der Waals surface area contributed by atoms with Crippen LogP contribution in [0.2, 0.25) is 0 Å². The molecule has 0 spiro atoms. The van der Waals surface area contributed by atoms with Gasteiger partial charge < -0.3 is 10.4 Å². The number of thioether (sulfide) groups is 1. The van der Waals surface area contributed by atoms with Gasteiger partial charge in [-0.25, -0.2) is 8.78 Å². The van der Waals surface area contributed by atoms with Crippen molar-refractivity contribution in [1.82, 2.24) is 5.32 Å². The molecular formula is C16H25F2NOS. The maximum absolute atomic E-state index is 13.5. The Hall–Kier alpha value is -0.650. The molecule has 2 nitrogen and oxygen atoms in total. The quantitative estimate of drug-likeness (QED) is 0.534. The second-order valence-electron chi connectivity index (χ2n) is 5.62. The van der Waals surface area contributed by atoms with E-state index in [-0.39, 0.29) is 18.0 Å². The van der Waals surface area contributed by atoms with Gasteiger partial charge in [-0.15, -0.1) is 11.8 Å². The fourth-order valence-electron chi connectivity index (χ4n) is 2.38. The van der Waals surface area contributed by atoms with Crippen LogP contribution in [-0.2, 0) is 0 Å². The summed E-state index contributed by atoms with van der Waals surface area (Å²) in [4.78, 5) is 0.345. The Kier molecular flexibility index (Phi) is 7.63. The minimum Gasteiger partial charge on any atom is -0.394 e. The second-order valence-corrected chi connectivity index (χ2v) is 6.75. The van der Waals surface area contributed by atoms with Crippen LogP contribution in [0.25, 0.3) is 0 Å². The Balaban J connectivity index is 2.49. The second kappa shape index (κ2) is 8.71.